The van der Waals surface area contributed by atoms with Gasteiger partial charge in [0.2, 0.25) is 10.0 Å². The van der Waals surface area contributed by atoms with Crippen molar-refractivity contribution in [2.24, 2.45) is 7.05 Å². The molecule has 1 rings (SSSR count). The summed E-state index contributed by atoms with van der Waals surface area (Å²) in [7, 11) is -1.91. The van der Waals surface area contributed by atoms with Gasteiger partial charge in [-0.1, -0.05) is 0 Å². The Morgan fingerprint density at radius 3 is 2.62 bits per heavy atom. The second-order valence-corrected chi connectivity index (χ2v) is 5.76. The van der Waals surface area contributed by atoms with Gasteiger partial charge in [0.1, 0.15) is 0 Å². The third kappa shape index (κ3) is 3.31. The highest BCUT2D eigenvalue weighted by Gasteiger charge is 2.23. The standard InChI is InChI=1S/C9H16N2O4S/c1-9(13,7-12)6-10-16(14,15)8-3-4-11(2)5-8/h3-5,10,12-13H,6-7H2,1-2H3. The lowest BCUT2D eigenvalue weighted by Crippen LogP contribution is -2.43. The monoisotopic (exact) mass is 248 g/mol. The summed E-state index contributed by atoms with van der Waals surface area (Å²) in [6, 6.07) is 1.45. The van der Waals surface area contributed by atoms with E-state index in [0.29, 0.717) is 0 Å². The first-order valence-electron chi connectivity index (χ1n) is 4.72. The van der Waals surface area contributed by atoms with Crippen molar-refractivity contribution in [2.45, 2.75) is 17.4 Å². The normalized spacial score (nSPS) is 16.0. The molecule has 1 aromatic heterocycles. The first kappa shape index (κ1) is 13.2. The van der Waals surface area contributed by atoms with Crippen LogP contribution in [0.5, 0.6) is 0 Å². The zero-order chi connectivity index (χ0) is 12.4. The fourth-order valence-corrected chi connectivity index (χ4v) is 2.24. The van der Waals surface area contributed by atoms with E-state index >= 15 is 0 Å². The van der Waals surface area contributed by atoms with Crippen molar-refractivity contribution >= 4 is 10.0 Å². The Kier molecular flexibility index (Phi) is 3.74. The van der Waals surface area contributed by atoms with Crippen molar-refractivity contribution in [3.05, 3.63) is 18.5 Å². The summed E-state index contributed by atoms with van der Waals surface area (Å²) >= 11 is 0. The smallest absolute Gasteiger partial charge is 0.242 e. The van der Waals surface area contributed by atoms with Gasteiger partial charge in [0.25, 0.3) is 0 Å². The predicted molar refractivity (Wildman–Crippen MR) is 58.3 cm³/mol. The molecule has 0 aliphatic heterocycles. The van der Waals surface area contributed by atoms with Crippen molar-refractivity contribution in [1.29, 1.82) is 0 Å². The molecule has 1 unspecified atom stereocenters. The number of aliphatic hydroxyl groups excluding tert-OH is 1. The molecule has 0 saturated heterocycles. The van der Waals surface area contributed by atoms with Gasteiger partial charge >= 0.3 is 0 Å². The van der Waals surface area contributed by atoms with Crippen molar-refractivity contribution < 1.29 is 18.6 Å². The molecule has 0 amide bonds. The van der Waals surface area contributed by atoms with Crippen LogP contribution < -0.4 is 4.72 Å². The second-order valence-electron chi connectivity index (χ2n) is 3.99. The number of hydrogen-bond acceptors (Lipinski definition) is 4. The number of sulfonamides is 1. The maximum atomic E-state index is 11.7. The van der Waals surface area contributed by atoms with Gasteiger partial charge < -0.3 is 14.8 Å². The third-order valence-corrected chi connectivity index (χ3v) is 3.49. The largest absolute Gasteiger partial charge is 0.393 e. The molecule has 0 fully saturated rings. The number of nitrogens with zero attached hydrogens (tertiary/aromatic N) is 1. The molecule has 1 aromatic rings. The number of aliphatic hydroxyl groups is 2. The van der Waals surface area contributed by atoms with Crippen LogP contribution in [0.25, 0.3) is 0 Å². The highest BCUT2D eigenvalue weighted by atomic mass is 32.2. The Morgan fingerprint density at radius 2 is 2.19 bits per heavy atom. The molecule has 0 bridgehead atoms. The van der Waals surface area contributed by atoms with Crippen LogP contribution >= 0.6 is 0 Å². The Balaban J connectivity index is 2.74. The molecular formula is C9H16N2O4S. The number of aromatic nitrogens is 1. The lowest BCUT2D eigenvalue weighted by atomic mass is 10.1. The molecule has 1 heterocycles. The van der Waals surface area contributed by atoms with Gasteiger partial charge in [0.05, 0.1) is 17.1 Å². The lowest BCUT2D eigenvalue weighted by molar-refractivity contribution is 0.00681. The summed E-state index contributed by atoms with van der Waals surface area (Å²) in [4.78, 5) is 0.128. The maximum Gasteiger partial charge on any atom is 0.242 e. The molecule has 0 spiro atoms. The van der Waals surface area contributed by atoms with E-state index in [-0.39, 0.29) is 11.4 Å². The van der Waals surface area contributed by atoms with Gasteiger partial charge in [-0.05, 0) is 13.0 Å². The number of nitrogens with one attached hydrogen (secondary N) is 1. The van der Waals surface area contributed by atoms with E-state index in [1.54, 1.807) is 17.8 Å². The van der Waals surface area contributed by atoms with Crippen LogP contribution in [0.2, 0.25) is 0 Å². The number of aryl methyl sites for hydroxylation is 1. The first-order chi connectivity index (χ1) is 7.27. The van der Waals surface area contributed by atoms with E-state index in [0.717, 1.165) is 0 Å². The Bertz CT molecular complexity index is 450. The third-order valence-electron chi connectivity index (χ3n) is 2.10. The molecule has 1 atom stereocenters. The van der Waals surface area contributed by atoms with E-state index in [1.165, 1.54) is 19.2 Å². The van der Waals surface area contributed by atoms with Crippen molar-refractivity contribution in [2.75, 3.05) is 13.2 Å². The average Bonchev–Trinajstić information content (AvgIpc) is 2.63. The van der Waals surface area contributed by atoms with Gasteiger partial charge in [-0.15, -0.1) is 0 Å². The van der Waals surface area contributed by atoms with Crippen molar-refractivity contribution in [3.63, 3.8) is 0 Å². The van der Waals surface area contributed by atoms with Crippen LogP contribution in [-0.2, 0) is 17.1 Å². The molecule has 0 saturated carbocycles. The Labute approximate surface area is 94.6 Å². The van der Waals surface area contributed by atoms with Crippen LogP contribution in [0, 0.1) is 0 Å². The Hall–Kier alpha value is -0.890. The minimum atomic E-state index is -3.62. The summed E-state index contributed by atoms with van der Waals surface area (Å²) in [6.07, 6.45) is 3.06. The molecular weight excluding hydrogens is 232 g/mol. The van der Waals surface area contributed by atoms with Gasteiger partial charge in [0, 0.05) is 26.0 Å². The molecule has 7 heteroatoms. The van der Waals surface area contributed by atoms with Gasteiger partial charge in [-0.3, -0.25) is 0 Å². The van der Waals surface area contributed by atoms with Crippen molar-refractivity contribution in [3.8, 4) is 0 Å². The number of hydrogen-bond donors (Lipinski definition) is 3. The van der Waals surface area contributed by atoms with E-state index in [4.69, 9.17) is 5.11 Å². The summed E-state index contributed by atoms with van der Waals surface area (Å²) in [5, 5.41) is 18.2. The SMILES string of the molecule is Cn1ccc(S(=O)(=O)NCC(C)(O)CO)c1. The quantitative estimate of drug-likeness (QED) is 0.626. The van der Waals surface area contributed by atoms with Crippen LogP contribution in [0.4, 0.5) is 0 Å². The average molecular weight is 248 g/mol. The van der Waals surface area contributed by atoms with E-state index < -0.39 is 22.2 Å². The zero-order valence-corrected chi connectivity index (χ0v) is 10.0. The topological polar surface area (TPSA) is 91.6 Å². The molecule has 92 valence electrons. The molecule has 3 N–H and O–H groups in total. The van der Waals surface area contributed by atoms with Crippen LogP contribution in [0.3, 0.4) is 0 Å². The molecule has 16 heavy (non-hydrogen) atoms. The van der Waals surface area contributed by atoms with Gasteiger partial charge in [-0.2, -0.15) is 0 Å². The van der Waals surface area contributed by atoms with E-state index in [1.807, 2.05) is 0 Å². The molecule has 6 nitrogen and oxygen atoms in total. The number of rotatable bonds is 5. The van der Waals surface area contributed by atoms with Gasteiger partial charge in [0.15, 0.2) is 0 Å². The molecule has 0 aliphatic rings. The highest BCUT2D eigenvalue weighted by molar-refractivity contribution is 7.89. The fraction of sp³-hybridized carbons (Fsp3) is 0.556. The van der Waals surface area contributed by atoms with Crippen molar-refractivity contribution in [1.82, 2.24) is 9.29 Å². The first-order valence-corrected chi connectivity index (χ1v) is 6.20. The minimum absolute atomic E-state index is 0.128. The lowest BCUT2D eigenvalue weighted by Gasteiger charge is -2.20. The maximum absolute atomic E-state index is 11.7. The fourth-order valence-electron chi connectivity index (χ4n) is 1.03. The summed E-state index contributed by atoms with van der Waals surface area (Å²) in [6.45, 7) is 0.603. The summed E-state index contributed by atoms with van der Waals surface area (Å²) in [5.74, 6) is 0. The summed E-state index contributed by atoms with van der Waals surface area (Å²) in [5.41, 5.74) is -1.46. The van der Waals surface area contributed by atoms with E-state index in [9.17, 15) is 13.5 Å². The highest BCUT2D eigenvalue weighted by Crippen LogP contribution is 2.09. The summed E-state index contributed by atoms with van der Waals surface area (Å²) < 4.78 is 27.2. The molecule has 0 aliphatic carbocycles. The van der Waals surface area contributed by atoms with Crippen LogP contribution in [0.15, 0.2) is 23.4 Å². The van der Waals surface area contributed by atoms with Gasteiger partial charge in [-0.25, -0.2) is 13.1 Å². The van der Waals surface area contributed by atoms with Crippen LogP contribution in [0.1, 0.15) is 6.92 Å². The second kappa shape index (κ2) is 4.54. The minimum Gasteiger partial charge on any atom is -0.393 e. The molecule has 0 aromatic carbocycles. The predicted octanol–water partition coefficient (Wildman–Crippen LogP) is -0.953. The zero-order valence-electron chi connectivity index (χ0n) is 9.21. The van der Waals surface area contributed by atoms with E-state index in [2.05, 4.69) is 4.72 Å². The Morgan fingerprint density at radius 1 is 1.56 bits per heavy atom. The van der Waals surface area contributed by atoms with Crippen LogP contribution in [-0.4, -0.2) is 42.0 Å². The molecule has 0 radical (unpaired) electrons.